The molecule has 1 saturated carbocycles. The van der Waals surface area contributed by atoms with Crippen LogP contribution in [0.5, 0.6) is 0 Å². The first-order valence-electron chi connectivity index (χ1n) is 9.80. The Hall–Kier alpha value is -1.95. The average molecular weight is 374 g/mol. The van der Waals surface area contributed by atoms with E-state index >= 15 is 0 Å². The Bertz CT molecular complexity index is 731. The van der Waals surface area contributed by atoms with E-state index in [0.29, 0.717) is 26.2 Å². The SMILES string of the molecule is COCC1(C(=O)N2CC[C@@]3(CCCN(Cc4ccc(F)cc4)C3=O)C2)CC1. The van der Waals surface area contributed by atoms with Crippen molar-refractivity contribution in [3.8, 4) is 0 Å². The summed E-state index contributed by atoms with van der Waals surface area (Å²) in [6, 6.07) is 6.33. The molecule has 2 aliphatic heterocycles. The predicted molar refractivity (Wildman–Crippen MR) is 98.2 cm³/mol. The Kier molecular flexibility index (Phi) is 4.70. The molecule has 146 valence electrons. The van der Waals surface area contributed by atoms with E-state index in [0.717, 1.165) is 44.2 Å². The van der Waals surface area contributed by atoms with Gasteiger partial charge in [0.2, 0.25) is 11.8 Å². The van der Waals surface area contributed by atoms with Gasteiger partial charge in [-0.15, -0.1) is 0 Å². The summed E-state index contributed by atoms with van der Waals surface area (Å²) in [5.41, 5.74) is 0.146. The molecule has 3 fully saturated rings. The first kappa shape index (κ1) is 18.4. The molecule has 2 saturated heterocycles. The van der Waals surface area contributed by atoms with Crippen molar-refractivity contribution in [1.82, 2.24) is 9.80 Å². The number of halogens is 1. The number of likely N-dealkylation sites (tertiary alicyclic amines) is 2. The molecule has 27 heavy (non-hydrogen) atoms. The van der Waals surface area contributed by atoms with Crippen LogP contribution in [-0.4, -0.2) is 55.0 Å². The number of piperidine rings is 1. The minimum Gasteiger partial charge on any atom is -0.384 e. The van der Waals surface area contributed by atoms with E-state index in [2.05, 4.69) is 0 Å². The second kappa shape index (κ2) is 6.89. The van der Waals surface area contributed by atoms with Gasteiger partial charge in [-0.25, -0.2) is 4.39 Å². The fraction of sp³-hybridized carbons (Fsp3) is 0.619. The Labute approximate surface area is 159 Å². The van der Waals surface area contributed by atoms with E-state index in [9.17, 15) is 14.0 Å². The van der Waals surface area contributed by atoms with Crippen molar-refractivity contribution in [2.75, 3.05) is 33.4 Å². The maximum absolute atomic E-state index is 13.3. The lowest BCUT2D eigenvalue weighted by atomic mass is 9.78. The van der Waals surface area contributed by atoms with Gasteiger partial charge < -0.3 is 14.5 Å². The second-order valence-electron chi connectivity index (χ2n) is 8.43. The number of carbonyl (C=O) groups excluding carboxylic acids is 2. The number of amides is 2. The van der Waals surface area contributed by atoms with Crippen molar-refractivity contribution in [2.45, 2.75) is 38.6 Å². The van der Waals surface area contributed by atoms with E-state index < -0.39 is 5.41 Å². The van der Waals surface area contributed by atoms with Crippen molar-refractivity contribution in [1.29, 1.82) is 0 Å². The summed E-state index contributed by atoms with van der Waals surface area (Å²) in [4.78, 5) is 30.0. The van der Waals surface area contributed by atoms with Gasteiger partial charge in [-0.2, -0.15) is 0 Å². The summed E-state index contributed by atoms with van der Waals surface area (Å²) in [5, 5.41) is 0. The maximum atomic E-state index is 13.3. The number of nitrogens with zero attached hydrogens (tertiary/aromatic N) is 2. The van der Waals surface area contributed by atoms with E-state index in [1.165, 1.54) is 12.1 Å². The molecule has 0 unspecified atom stereocenters. The molecule has 0 bridgehead atoms. The Morgan fingerprint density at radius 2 is 1.89 bits per heavy atom. The summed E-state index contributed by atoms with van der Waals surface area (Å²) < 4.78 is 18.4. The van der Waals surface area contributed by atoms with Crippen LogP contribution in [0.25, 0.3) is 0 Å². The maximum Gasteiger partial charge on any atom is 0.231 e. The molecule has 2 amide bonds. The monoisotopic (exact) mass is 374 g/mol. The number of hydrogen-bond donors (Lipinski definition) is 0. The summed E-state index contributed by atoms with van der Waals surface area (Å²) in [7, 11) is 1.64. The molecular weight excluding hydrogens is 347 g/mol. The van der Waals surface area contributed by atoms with Gasteiger partial charge in [0.1, 0.15) is 5.82 Å². The summed E-state index contributed by atoms with van der Waals surface area (Å²) in [6.45, 7) is 2.87. The van der Waals surface area contributed by atoms with Gasteiger partial charge in [0, 0.05) is 33.3 Å². The van der Waals surface area contributed by atoms with Crippen molar-refractivity contribution < 1.29 is 18.7 Å². The van der Waals surface area contributed by atoms with Crippen LogP contribution in [0.1, 0.15) is 37.7 Å². The molecule has 5 nitrogen and oxygen atoms in total. The van der Waals surface area contributed by atoms with E-state index in [4.69, 9.17) is 4.74 Å². The topological polar surface area (TPSA) is 49.9 Å². The highest BCUT2D eigenvalue weighted by atomic mass is 19.1. The van der Waals surface area contributed by atoms with Gasteiger partial charge >= 0.3 is 0 Å². The molecule has 1 aliphatic carbocycles. The van der Waals surface area contributed by atoms with E-state index in [-0.39, 0.29) is 23.0 Å². The fourth-order valence-electron chi connectivity index (χ4n) is 4.72. The molecule has 0 aromatic heterocycles. The quantitative estimate of drug-likeness (QED) is 0.796. The molecule has 2 heterocycles. The number of benzene rings is 1. The zero-order valence-corrected chi connectivity index (χ0v) is 15.9. The first-order valence-corrected chi connectivity index (χ1v) is 9.80. The van der Waals surface area contributed by atoms with E-state index in [1.807, 2.05) is 9.80 Å². The van der Waals surface area contributed by atoms with Crippen LogP contribution in [0.15, 0.2) is 24.3 Å². The molecule has 3 aliphatic rings. The Morgan fingerprint density at radius 3 is 2.56 bits per heavy atom. The highest BCUT2D eigenvalue weighted by Gasteiger charge is 2.56. The fourth-order valence-corrected chi connectivity index (χ4v) is 4.72. The van der Waals surface area contributed by atoms with Crippen LogP contribution in [0.3, 0.4) is 0 Å². The van der Waals surface area contributed by atoms with Gasteiger partial charge in [-0.05, 0) is 49.8 Å². The molecule has 4 rings (SSSR count). The second-order valence-corrected chi connectivity index (χ2v) is 8.43. The molecule has 1 aromatic rings. The third-order valence-corrected chi connectivity index (χ3v) is 6.48. The van der Waals surface area contributed by atoms with Crippen LogP contribution in [0.2, 0.25) is 0 Å². The lowest BCUT2D eigenvalue weighted by molar-refractivity contribution is -0.147. The minimum atomic E-state index is -0.447. The van der Waals surface area contributed by atoms with Crippen LogP contribution in [-0.2, 0) is 20.9 Å². The van der Waals surface area contributed by atoms with Crippen molar-refractivity contribution in [3.05, 3.63) is 35.6 Å². The zero-order valence-electron chi connectivity index (χ0n) is 15.9. The lowest BCUT2D eigenvalue weighted by Crippen LogP contribution is -2.50. The largest absolute Gasteiger partial charge is 0.384 e. The molecule has 1 atom stereocenters. The number of ether oxygens (including phenoxy) is 1. The van der Waals surface area contributed by atoms with Crippen molar-refractivity contribution in [3.63, 3.8) is 0 Å². The molecule has 0 N–H and O–H groups in total. The van der Waals surface area contributed by atoms with Crippen LogP contribution in [0, 0.1) is 16.6 Å². The van der Waals surface area contributed by atoms with Crippen LogP contribution in [0.4, 0.5) is 4.39 Å². The smallest absolute Gasteiger partial charge is 0.231 e. The lowest BCUT2D eigenvalue weighted by Gasteiger charge is -2.39. The Morgan fingerprint density at radius 1 is 1.15 bits per heavy atom. The molecule has 0 radical (unpaired) electrons. The van der Waals surface area contributed by atoms with Gasteiger partial charge in [0.05, 0.1) is 17.4 Å². The number of hydrogen-bond acceptors (Lipinski definition) is 3. The van der Waals surface area contributed by atoms with Crippen LogP contribution < -0.4 is 0 Å². The predicted octanol–water partition coefficient (Wildman–Crippen LogP) is 2.59. The van der Waals surface area contributed by atoms with Crippen LogP contribution >= 0.6 is 0 Å². The number of methoxy groups -OCH3 is 1. The van der Waals surface area contributed by atoms with E-state index in [1.54, 1.807) is 19.2 Å². The number of carbonyl (C=O) groups is 2. The van der Waals surface area contributed by atoms with Gasteiger partial charge in [0.15, 0.2) is 0 Å². The molecule has 6 heteroatoms. The minimum absolute atomic E-state index is 0.143. The van der Waals surface area contributed by atoms with Crippen molar-refractivity contribution in [2.24, 2.45) is 10.8 Å². The third kappa shape index (κ3) is 3.35. The first-order chi connectivity index (χ1) is 13.0. The van der Waals surface area contributed by atoms with Gasteiger partial charge in [-0.3, -0.25) is 9.59 Å². The summed E-state index contributed by atoms with van der Waals surface area (Å²) >= 11 is 0. The third-order valence-electron chi connectivity index (χ3n) is 6.48. The molecule has 1 aromatic carbocycles. The van der Waals surface area contributed by atoms with Gasteiger partial charge in [0.25, 0.3) is 0 Å². The molecule has 1 spiro atoms. The van der Waals surface area contributed by atoms with Crippen molar-refractivity contribution >= 4 is 11.8 Å². The zero-order chi connectivity index (χ0) is 19.1. The molecular formula is C21H27FN2O3. The average Bonchev–Trinajstić information content (AvgIpc) is 3.33. The highest BCUT2D eigenvalue weighted by Crippen LogP contribution is 2.49. The number of rotatable bonds is 5. The normalized spacial score (nSPS) is 26.7. The summed E-state index contributed by atoms with van der Waals surface area (Å²) in [6.07, 6.45) is 4.28. The highest BCUT2D eigenvalue weighted by molar-refractivity contribution is 5.89. The standard InChI is InChI=1S/C21H27FN2O3/c1-27-15-21(8-9-21)19(26)24-12-10-20(14-24)7-2-11-23(18(20)25)13-16-3-5-17(22)6-4-16/h3-6H,2,7-15H2,1H3/t20-/m0/s1. The van der Waals surface area contributed by atoms with Gasteiger partial charge in [-0.1, -0.05) is 12.1 Å². The Balaban J connectivity index is 1.44. The summed E-state index contributed by atoms with van der Waals surface area (Å²) in [5.74, 6) is 0.0323.